The highest BCUT2D eigenvalue weighted by atomic mass is 16.2. The molecule has 1 amide bonds. The zero-order valence-electron chi connectivity index (χ0n) is 15.7. The van der Waals surface area contributed by atoms with E-state index >= 15 is 0 Å². The molecule has 0 N–H and O–H groups in total. The molecule has 1 aliphatic heterocycles. The third-order valence-corrected chi connectivity index (χ3v) is 4.94. The number of nitrogens with zero attached hydrogens (tertiary/aromatic N) is 5. The molecule has 6 heteroatoms. The van der Waals surface area contributed by atoms with Crippen LogP contribution < -0.4 is 0 Å². The van der Waals surface area contributed by atoms with E-state index in [0.29, 0.717) is 5.56 Å². The lowest BCUT2D eigenvalue weighted by Gasteiger charge is -2.34. The number of benzene rings is 2. The minimum Gasteiger partial charge on any atom is -0.336 e. The zero-order valence-corrected chi connectivity index (χ0v) is 15.7. The third-order valence-electron chi connectivity index (χ3n) is 4.94. The van der Waals surface area contributed by atoms with Gasteiger partial charge >= 0.3 is 0 Å². The van der Waals surface area contributed by atoms with E-state index < -0.39 is 0 Å². The molecule has 0 saturated carbocycles. The number of hydrogen-bond acceptors (Lipinski definition) is 4. The summed E-state index contributed by atoms with van der Waals surface area (Å²) < 4.78 is 1.80. The number of carbonyl (C=O) groups is 1. The minimum atomic E-state index is 0.0782. The highest BCUT2D eigenvalue weighted by molar-refractivity contribution is 5.94. The van der Waals surface area contributed by atoms with Gasteiger partial charge in [0.2, 0.25) is 0 Å². The summed E-state index contributed by atoms with van der Waals surface area (Å²) in [5.41, 5.74) is 2.80. The Hall–Kier alpha value is -3.25. The molecule has 2 aromatic carbocycles. The van der Waals surface area contributed by atoms with Gasteiger partial charge < -0.3 is 4.90 Å². The van der Waals surface area contributed by atoms with Crippen molar-refractivity contribution in [1.29, 1.82) is 0 Å². The number of rotatable bonds is 5. The van der Waals surface area contributed by atoms with Crippen molar-refractivity contribution in [3.8, 4) is 5.69 Å². The summed E-state index contributed by atoms with van der Waals surface area (Å²) in [4.78, 5) is 17.2. The Bertz CT molecular complexity index is 929. The van der Waals surface area contributed by atoms with Crippen LogP contribution in [0.25, 0.3) is 11.8 Å². The van der Waals surface area contributed by atoms with E-state index in [9.17, 15) is 4.79 Å². The van der Waals surface area contributed by atoms with Crippen LogP contribution in [0.3, 0.4) is 0 Å². The van der Waals surface area contributed by atoms with Crippen molar-refractivity contribution in [3.05, 3.63) is 84.5 Å². The fraction of sp³-hybridized carbons (Fsp3) is 0.227. The highest BCUT2D eigenvalue weighted by Crippen LogP contribution is 2.14. The molecule has 0 unspecified atom stereocenters. The van der Waals surface area contributed by atoms with E-state index in [-0.39, 0.29) is 5.91 Å². The van der Waals surface area contributed by atoms with Crippen molar-refractivity contribution in [2.75, 3.05) is 32.7 Å². The molecule has 142 valence electrons. The summed E-state index contributed by atoms with van der Waals surface area (Å²) in [6.45, 7) is 4.16. The van der Waals surface area contributed by atoms with Gasteiger partial charge in [0.05, 0.1) is 0 Å². The van der Waals surface area contributed by atoms with E-state index in [4.69, 9.17) is 0 Å². The summed E-state index contributed by atoms with van der Waals surface area (Å²) >= 11 is 0. The van der Waals surface area contributed by atoms with Crippen molar-refractivity contribution < 1.29 is 4.79 Å². The van der Waals surface area contributed by atoms with Crippen LogP contribution in [0.5, 0.6) is 0 Å². The maximum Gasteiger partial charge on any atom is 0.254 e. The van der Waals surface area contributed by atoms with Crippen LogP contribution in [0.4, 0.5) is 0 Å². The molecule has 6 nitrogen and oxygen atoms in total. The van der Waals surface area contributed by atoms with Crippen molar-refractivity contribution >= 4 is 12.0 Å². The van der Waals surface area contributed by atoms with Crippen LogP contribution in [-0.2, 0) is 0 Å². The average Bonchev–Trinajstić information content (AvgIpc) is 3.30. The standard InChI is InChI=1S/C22H23N5O/c28-22(20-9-4-10-21(16-20)27-17-23-24-18-27)26-14-12-25(13-15-26)11-5-8-19-6-2-1-3-7-19/h1-10,16-18H,11-15H2. The quantitative estimate of drug-likeness (QED) is 0.690. The third kappa shape index (κ3) is 4.35. The van der Waals surface area contributed by atoms with Gasteiger partial charge in [0.1, 0.15) is 12.7 Å². The molecule has 1 aliphatic rings. The zero-order chi connectivity index (χ0) is 19.2. The smallest absolute Gasteiger partial charge is 0.254 e. The first-order valence-electron chi connectivity index (χ1n) is 9.48. The van der Waals surface area contributed by atoms with Crippen LogP contribution >= 0.6 is 0 Å². The Labute approximate surface area is 164 Å². The van der Waals surface area contributed by atoms with Gasteiger partial charge in [-0.2, -0.15) is 0 Å². The highest BCUT2D eigenvalue weighted by Gasteiger charge is 2.21. The van der Waals surface area contributed by atoms with Crippen LogP contribution in [0.2, 0.25) is 0 Å². The van der Waals surface area contributed by atoms with Gasteiger partial charge in [-0.05, 0) is 23.8 Å². The molecule has 1 fully saturated rings. The second-order valence-electron chi connectivity index (χ2n) is 6.83. The molecule has 28 heavy (non-hydrogen) atoms. The topological polar surface area (TPSA) is 54.3 Å². The van der Waals surface area contributed by atoms with Crippen molar-refractivity contribution in [2.24, 2.45) is 0 Å². The monoisotopic (exact) mass is 373 g/mol. The summed E-state index contributed by atoms with van der Waals surface area (Å²) in [7, 11) is 0. The lowest BCUT2D eigenvalue weighted by molar-refractivity contribution is 0.0650. The molecule has 4 rings (SSSR count). The van der Waals surface area contributed by atoms with Gasteiger partial charge in [0.25, 0.3) is 5.91 Å². The number of aromatic nitrogens is 3. The lowest BCUT2D eigenvalue weighted by atomic mass is 10.1. The van der Waals surface area contributed by atoms with Crippen molar-refractivity contribution in [1.82, 2.24) is 24.6 Å². The molecule has 0 radical (unpaired) electrons. The Morgan fingerprint density at radius 2 is 1.68 bits per heavy atom. The van der Waals surface area contributed by atoms with E-state index in [1.165, 1.54) is 5.56 Å². The van der Waals surface area contributed by atoms with E-state index in [2.05, 4.69) is 39.4 Å². The fourth-order valence-electron chi connectivity index (χ4n) is 3.35. The average molecular weight is 373 g/mol. The van der Waals surface area contributed by atoms with Gasteiger partial charge in [-0.25, -0.2) is 0 Å². The number of amides is 1. The molecular formula is C22H23N5O. The van der Waals surface area contributed by atoms with Crippen molar-refractivity contribution in [3.63, 3.8) is 0 Å². The summed E-state index contributed by atoms with van der Waals surface area (Å²) in [5.74, 6) is 0.0782. The summed E-state index contributed by atoms with van der Waals surface area (Å²) in [6.07, 6.45) is 7.60. The van der Waals surface area contributed by atoms with E-state index in [1.807, 2.05) is 47.4 Å². The first-order valence-corrected chi connectivity index (χ1v) is 9.48. The summed E-state index contributed by atoms with van der Waals surface area (Å²) in [6, 6.07) is 17.9. The van der Waals surface area contributed by atoms with Crippen LogP contribution in [0, 0.1) is 0 Å². The predicted molar refractivity (Wildman–Crippen MR) is 109 cm³/mol. The van der Waals surface area contributed by atoms with E-state index in [0.717, 1.165) is 38.4 Å². The normalized spacial score (nSPS) is 15.2. The Kier molecular flexibility index (Phi) is 5.58. The predicted octanol–water partition coefficient (Wildman–Crippen LogP) is 2.74. The Morgan fingerprint density at radius 3 is 2.43 bits per heavy atom. The van der Waals surface area contributed by atoms with E-state index in [1.54, 1.807) is 17.2 Å². The molecule has 1 aromatic heterocycles. The first kappa shape index (κ1) is 18.1. The largest absolute Gasteiger partial charge is 0.336 e. The molecule has 1 saturated heterocycles. The molecule has 0 atom stereocenters. The molecule has 0 bridgehead atoms. The van der Waals surface area contributed by atoms with Gasteiger partial charge in [-0.1, -0.05) is 48.6 Å². The van der Waals surface area contributed by atoms with Gasteiger partial charge in [-0.15, -0.1) is 10.2 Å². The molecule has 0 spiro atoms. The Balaban J connectivity index is 1.32. The minimum absolute atomic E-state index is 0.0782. The van der Waals surface area contributed by atoms with Gasteiger partial charge in [0.15, 0.2) is 0 Å². The second kappa shape index (κ2) is 8.63. The Morgan fingerprint density at radius 1 is 0.929 bits per heavy atom. The van der Waals surface area contributed by atoms with Crippen LogP contribution in [-0.4, -0.2) is 63.2 Å². The number of piperazine rings is 1. The van der Waals surface area contributed by atoms with Gasteiger partial charge in [-0.3, -0.25) is 14.3 Å². The number of carbonyl (C=O) groups excluding carboxylic acids is 1. The van der Waals surface area contributed by atoms with Gasteiger partial charge in [0, 0.05) is 44.0 Å². The summed E-state index contributed by atoms with van der Waals surface area (Å²) in [5, 5.41) is 7.64. The molecule has 3 aromatic rings. The SMILES string of the molecule is O=C(c1cccc(-n2cnnc2)c1)N1CCN(CC=Cc2ccccc2)CC1. The van der Waals surface area contributed by atoms with Crippen LogP contribution in [0.1, 0.15) is 15.9 Å². The second-order valence-corrected chi connectivity index (χ2v) is 6.83. The first-order chi connectivity index (χ1) is 13.8. The maximum atomic E-state index is 12.9. The molecule has 0 aliphatic carbocycles. The lowest BCUT2D eigenvalue weighted by Crippen LogP contribution is -2.48. The number of hydrogen-bond donors (Lipinski definition) is 0. The van der Waals surface area contributed by atoms with Crippen LogP contribution in [0.15, 0.2) is 73.3 Å². The fourth-order valence-corrected chi connectivity index (χ4v) is 3.35. The molecular weight excluding hydrogens is 350 g/mol. The molecule has 2 heterocycles. The maximum absolute atomic E-state index is 12.9. The van der Waals surface area contributed by atoms with Crippen molar-refractivity contribution in [2.45, 2.75) is 0 Å².